The lowest BCUT2D eigenvalue weighted by atomic mass is 10.1. The van der Waals surface area contributed by atoms with Crippen LogP contribution in [0.3, 0.4) is 0 Å². The van der Waals surface area contributed by atoms with Crippen LogP contribution in [0, 0.1) is 11.3 Å². The van der Waals surface area contributed by atoms with Crippen LogP contribution in [0.1, 0.15) is 43.3 Å². The number of furan rings is 1. The fourth-order valence-corrected chi connectivity index (χ4v) is 4.82. The molecule has 0 radical (unpaired) electrons. The Morgan fingerprint density at radius 1 is 1.28 bits per heavy atom. The minimum absolute atomic E-state index is 0.0979. The van der Waals surface area contributed by atoms with Crippen molar-refractivity contribution in [3.05, 3.63) is 59.2 Å². The SMILES string of the molecule is CC1=CNC(Nc2ccc(OCCN3CCCC3)cc2)N=C1c1cc2c(o1)CCN(C(=O)CC#N)C2. The monoisotopic (exact) mass is 488 g/mol. The fourth-order valence-electron chi connectivity index (χ4n) is 4.82. The van der Waals surface area contributed by atoms with Crippen molar-refractivity contribution in [3.63, 3.8) is 0 Å². The number of nitrogens with zero attached hydrogens (tertiary/aromatic N) is 4. The molecule has 188 valence electrons. The van der Waals surface area contributed by atoms with Crippen molar-refractivity contribution in [2.75, 3.05) is 38.1 Å². The molecule has 1 saturated heterocycles. The van der Waals surface area contributed by atoms with Crippen molar-refractivity contribution in [3.8, 4) is 11.8 Å². The number of carbonyl (C=O) groups is 1. The van der Waals surface area contributed by atoms with Crippen LogP contribution in [0.25, 0.3) is 0 Å². The predicted octanol–water partition coefficient (Wildman–Crippen LogP) is 3.24. The molecule has 4 heterocycles. The van der Waals surface area contributed by atoms with Crippen LogP contribution < -0.4 is 15.4 Å². The number of likely N-dealkylation sites (tertiary alicyclic amines) is 1. The summed E-state index contributed by atoms with van der Waals surface area (Å²) < 4.78 is 12.0. The summed E-state index contributed by atoms with van der Waals surface area (Å²) in [6.45, 7) is 7.04. The van der Waals surface area contributed by atoms with Crippen molar-refractivity contribution < 1.29 is 13.9 Å². The molecule has 0 spiro atoms. The summed E-state index contributed by atoms with van der Waals surface area (Å²) in [5.41, 5.74) is 3.65. The van der Waals surface area contributed by atoms with Gasteiger partial charge in [-0.3, -0.25) is 9.69 Å². The second-order valence-corrected chi connectivity index (χ2v) is 9.40. The van der Waals surface area contributed by atoms with Gasteiger partial charge in [0.05, 0.1) is 6.07 Å². The first-order valence-electron chi connectivity index (χ1n) is 12.6. The number of hydrogen-bond donors (Lipinski definition) is 2. The first-order valence-corrected chi connectivity index (χ1v) is 12.6. The van der Waals surface area contributed by atoms with Gasteiger partial charge in [-0.05, 0) is 68.8 Å². The molecule has 3 aliphatic heterocycles. The third kappa shape index (κ3) is 5.55. The van der Waals surface area contributed by atoms with E-state index in [1.165, 1.54) is 25.9 Å². The summed E-state index contributed by atoms with van der Waals surface area (Å²) in [7, 11) is 0. The lowest BCUT2D eigenvalue weighted by molar-refractivity contribution is -0.131. The Balaban J connectivity index is 1.20. The maximum absolute atomic E-state index is 12.1. The van der Waals surface area contributed by atoms with Gasteiger partial charge in [-0.15, -0.1) is 0 Å². The molecule has 1 aromatic carbocycles. The number of allylic oxidation sites excluding steroid dienone is 1. The standard InChI is InChI=1S/C27H32N6O3/c1-19-17-29-27(30-21-4-6-22(7-5-21)35-15-14-32-11-2-3-12-32)31-26(19)24-16-20-18-33(25(34)8-10-28)13-9-23(20)36-24/h4-7,16-17,27,29-30H,2-3,8-9,11-15,18H2,1H3. The highest BCUT2D eigenvalue weighted by Gasteiger charge is 2.26. The Labute approximate surface area is 211 Å². The van der Waals surface area contributed by atoms with Gasteiger partial charge in [-0.2, -0.15) is 5.26 Å². The lowest BCUT2D eigenvalue weighted by Gasteiger charge is -2.25. The number of ether oxygens (including phenoxy) is 1. The highest BCUT2D eigenvalue weighted by atomic mass is 16.5. The van der Waals surface area contributed by atoms with Gasteiger partial charge >= 0.3 is 0 Å². The Hall–Kier alpha value is -3.77. The van der Waals surface area contributed by atoms with E-state index < -0.39 is 0 Å². The molecule has 1 fully saturated rings. The zero-order valence-electron chi connectivity index (χ0n) is 20.6. The van der Waals surface area contributed by atoms with Crippen LogP contribution in [0.2, 0.25) is 0 Å². The van der Waals surface area contributed by atoms with E-state index in [0.29, 0.717) is 31.9 Å². The van der Waals surface area contributed by atoms with Gasteiger partial charge in [-0.25, -0.2) is 4.99 Å². The zero-order valence-corrected chi connectivity index (χ0v) is 20.6. The quantitative estimate of drug-likeness (QED) is 0.588. The minimum Gasteiger partial charge on any atom is -0.492 e. The Morgan fingerprint density at radius 3 is 2.86 bits per heavy atom. The second-order valence-electron chi connectivity index (χ2n) is 9.40. The molecule has 9 heteroatoms. The molecule has 1 aromatic heterocycles. The number of aliphatic imine (C=N–C) groups is 1. The molecule has 0 saturated carbocycles. The third-order valence-electron chi connectivity index (χ3n) is 6.81. The van der Waals surface area contributed by atoms with E-state index in [2.05, 4.69) is 15.5 Å². The predicted molar refractivity (Wildman–Crippen MR) is 137 cm³/mol. The number of carbonyl (C=O) groups excluding carboxylic acids is 1. The minimum atomic E-state index is -0.346. The van der Waals surface area contributed by atoms with Crippen LogP contribution in [-0.2, 0) is 17.8 Å². The van der Waals surface area contributed by atoms with Gasteiger partial charge in [0.15, 0.2) is 12.0 Å². The molecule has 0 aliphatic carbocycles. The summed E-state index contributed by atoms with van der Waals surface area (Å²) in [4.78, 5) is 21.1. The molecule has 9 nitrogen and oxygen atoms in total. The number of nitrogens with one attached hydrogen (secondary N) is 2. The molecule has 3 aliphatic rings. The average Bonchev–Trinajstić information content (AvgIpc) is 3.56. The zero-order chi connectivity index (χ0) is 24.9. The maximum Gasteiger partial charge on any atom is 0.237 e. The van der Waals surface area contributed by atoms with E-state index in [1.54, 1.807) is 4.90 Å². The van der Waals surface area contributed by atoms with E-state index in [0.717, 1.165) is 40.6 Å². The van der Waals surface area contributed by atoms with E-state index in [1.807, 2.05) is 49.5 Å². The van der Waals surface area contributed by atoms with Gasteiger partial charge in [0.2, 0.25) is 5.91 Å². The molecule has 36 heavy (non-hydrogen) atoms. The highest BCUT2D eigenvalue weighted by molar-refractivity contribution is 6.11. The summed E-state index contributed by atoms with van der Waals surface area (Å²) in [6.07, 6.45) is 4.70. The molecule has 0 bridgehead atoms. The summed E-state index contributed by atoms with van der Waals surface area (Å²) in [6, 6.07) is 11.8. The molecule has 1 atom stereocenters. The van der Waals surface area contributed by atoms with Crippen LogP contribution in [0.15, 0.2) is 51.5 Å². The first-order chi connectivity index (χ1) is 17.6. The topological polar surface area (TPSA) is 106 Å². The Kier molecular flexibility index (Phi) is 7.23. The van der Waals surface area contributed by atoms with Crippen LogP contribution in [0.5, 0.6) is 5.75 Å². The molecule has 1 amide bonds. The number of benzene rings is 1. The number of amides is 1. The average molecular weight is 489 g/mol. The lowest BCUT2D eigenvalue weighted by Crippen LogP contribution is -2.35. The summed E-state index contributed by atoms with van der Waals surface area (Å²) >= 11 is 0. The van der Waals surface area contributed by atoms with Crippen molar-refractivity contribution in [2.45, 2.75) is 45.4 Å². The fraction of sp³-hybridized carbons (Fsp3) is 0.444. The van der Waals surface area contributed by atoms with Gasteiger partial charge in [0, 0.05) is 43.5 Å². The Morgan fingerprint density at radius 2 is 2.08 bits per heavy atom. The second kappa shape index (κ2) is 10.9. The normalized spacial score (nSPS) is 19.6. The van der Waals surface area contributed by atoms with Crippen LogP contribution >= 0.6 is 0 Å². The number of rotatable bonds is 8. The number of nitriles is 1. The van der Waals surface area contributed by atoms with Crippen molar-refractivity contribution in [1.29, 1.82) is 5.26 Å². The van der Waals surface area contributed by atoms with Crippen LogP contribution in [0.4, 0.5) is 5.69 Å². The van der Waals surface area contributed by atoms with E-state index in [9.17, 15) is 4.79 Å². The number of anilines is 1. The molecule has 2 aromatic rings. The summed E-state index contributed by atoms with van der Waals surface area (Å²) in [5.74, 6) is 2.29. The molecule has 2 N–H and O–H groups in total. The van der Waals surface area contributed by atoms with Gasteiger partial charge in [0.1, 0.15) is 30.2 Å². The molecular weight excluding hydrogens is 456 g/mol. The van der Waals surface area contributed by atoms with E-state index in [-0.39, 0.29) is 18.6 Å². The molecule has 1 unspecified atom stereocenters. The highest BCUT2D eigenvalue weighted by Crippen LogP contribution is 2.26. The molecular formula is C27H32N6O3. The number of hydrogen-bond acceptors (Lipinski definition) is 8. The van der Waals surface area contributed by atoms with Gasteiger partial charge in [-0.1, -0.05) is 0 Å². The van der Waals surface area contributed by atoms with Crippen LogP contribution in [-0.4, -0.2) is 60.5 Å². The van der Waals surface area contributed by atoms with Gasteiger partial charge in [0.25, 0.3) is 0 Å². The smallest absolute Gasteiger partial charge is 0.237 e. The Bertz CT molecular complexity index is 1190. The van der Waals surface area contributed by atoms with Crippen molar-refractivity contribution in [1.82, 2.24) is 15.1 Å². The molecule has 5 rings (SSSR count). The van der Waals surface area contributed by atoms with Crippen molar-refractivity contribution >= 4 is 17.3 Å². The van der Waals surface area contributed by atoms with Gasteiger partial charge < -0.3 is 24.7 Å². The van der Waals surface area contributed by atoms with E-state index >= 15 is 0 Å². The maximum atomic E-state index is 12.1. The third-order valence-corrected chi connectivity index (χ3v) is 6.81. The van der Waals surface area contributed by atoms with Crippen molar-refractivity contribution in [2.24, 2.45) is 4.99 Å². The van der Waals surface area contributed by atoms with E-state index in [4.69, 9.17) is 19.4 Å². The first kappa shape index (κ1) is 23.9. The largest absolute Gasteiger partial charge is 0.492 e. The number of fused-ring (bicyclic) bond motifs is 1. The summed E-state index contributed by atoms with van der Waals surface area (Å²) in [5, 5.41) is 15.5.